The summed E-state index contributed by atoms with van der Waals surface area (Å²) in [7, 11) is 0. The van der Waals surface area contributed by atoms with Crippen LogP contribution in [-0.4, -0.2) is 35.0 Å². The first-order valence-corrected chi connectivity index (χ1v) is 7.87. The van der Waals surface area contributed by atoms with Gasteiger partial charge in [-0.1, -0.05) is 12.8 Å². The smallest absolute Gasteiger partial charge is 0.410 e. The van der Waals surface area contributed by atoms with Crippen LogP contribution in [0.1, 0.15) is 65.7 Å². The molecule has 2 aliphatic carbocycles. The predicted molar refractivity (Wildman–Crippen MR) is 77.5 cm³/mol. The van der Waals surface area contributed by atoms with Crippen LogP contribution in [0.4, 0.5) is 4.79 Å². The number of amides is 1. The number of rotatable bonds is 5. The average Bonchev–Trinajstić information content (AvgIpc) is 3.04. The SMILES string of the molecule is CC(C)(C)OC(=O)N(C1CCCC1)C(CC=O)C1CC1. The highest BCUT2D eigenvalue weighted by Gasteiger charge is 2.42. The average molecular weight is 281 g/mol. The minimum Gasteiger partial charge on any atom is -0.444 e. The number of nitrogens with zero attached hydrogens (tertiary/aromatic N) is 1. The second-order valence-corrected chi connectivity index (χ2v) is 7.13. The number of ether oxygens (including phenoxy) is 1. The molecule has 2 saturated carbocycles. The lowest BCUT2D eigenvalue weighted by Crippen LogP contribution is -2.49. The second kappa shape index (κ2) is 6.15. The summed E-state index contributed by atoms with van der Waals surface area (Å²) in [6.07, 6.45) is 7.85. The zero-order valence-corrected chi connectivity index (χ0v) is 12.9. The standard InChI is InChI=1S/C16H27NO3/c1-16(2,3)20-15(19)17(13-6-4-5-7-13)14(10-11-18)12-8-9-12/h11-14H,4-10H2,1-3H3. The van der Waals surface area contributed by atoms with Crippen LogP contribution in [0.15, 0.2) is 0 Å². The molecule has 0 heterocycles. The highest BCUT2D eigenvalue weighted by molar-refractivity contribution is 5.70. The van der Waals surface area contributed by atoms with E-state index in [9.17, 15) is 9.59 Å². The molecule has 0 N–H and O–H groups in total. The maximum absolute atomic E-state index is 12.6. The van der Waals surface area contributed by atoms with Crippen molar-refractivity contribution in [1.29, 1.82) is 0 Å². The molecule has 4 heteroatoms. The predicted octanol–water partition coefficient (Wildman–Crippen LogP) is 3.53. The van der Waals surface area contributed by atoms with Gasteiger partial charge in [-0.3, -0.25) is 0 Å². The van der Waals surface area contributed by atoms with Crippen LogP contribution in [0, 0.1) is 5.92 Å². The molecule has 2 aliphatic rings. The molecular formula is C16H27NO3. The highest BCUT2D eigenvalue weighted by atomic mass is 16.6. The summed E-state index contributed by atoms with van der Waals surface area (Å²) < 4.78 is 5.59. The van der Waals surface area contributed by atoms with E-state index in [1.807, 2.05) is 25.7 Å². The van der Waals surface area contributed by atoms with Gasteiger partial charge in [0, 0.05) is 18.5 Å². The lowest BCUT2D eigenvalue weighted by atomic mass is 10.0. The summed E-state index contributed by atoms with van der Waals surface area (Å²) in [5.74, 6) is 0.494. The fourth-order valence-electron chi connectivity index (χ4n) is 3.17. The Morgan fingerprint density at radius 2 is 1.85 bits per heavy atom. The fourth-order valence-corrected chi connectivity index (χ4v) is 3.17. The van der Waals surface area contributed by atoms with Crippen molar-refractivity contribution in [3.63, 3.8) is 0 Å². The first-order valence-electron chi connectivity index (χ1n) is 7.87. The molecule has 0 aromatic carbocycles. The summed E-state index contributed by atoms with van der Waals surface area (Å²) in [4.78, 5) is 25.5. The van der Waals surface area contributed by atoms with Crippen molar-refractivity contribution < 1.29 is 14.3 Å². The largest absolute Gasteiger partial charge is 0.444 e. The topological polar surface area (TPSA) is 46.6 Å². The fraction of sp³-hybridized carbons (Fsp3) is 0.875. The number of hydrogen-bond donors (Lipinski definition) is 0. The quantitative estimate of drug-likeness (QED) is 0.724. The molecule has 2 rings (SSSR count). The minimum atomic E-state index is -0.483. The van der Waals surface area contributed by atoms with Crippen LogP contribution < -0.4 is 0 Å². The van der Waals surface area contributed by atoms with E-state index in [2.05, 4.69) is 0 Å². The second-order valence-electron chi connectivity index (χ2n) is 7.13. The van der Waals surface area contributed by atoms with Gasteiger partial charge >= 0.3 is 6.09 Å². The van der Waals surface area contributed by atoms with Gasteiger partial charge in [-0.15, -0.1) is 0 Å². The number of carbonyl (C=O) groups excluding carboxylic acids is 2. The molecule has 0 aromatic rings. The zero-order chi connectivity index (χ0) is 14.8. The van der Waals surface area contributed by atoms with Crippen molar-refractivity contribution in [1.82, 2.24) is 4.90 Å². The normalized spacial score (nSPS) is 21.6. The molecular weight excluding hydrogens is 254 g/mol. The molecule has 0 aromatic heterocycles. The van der Waals surface area contributed by atoms with E-state index in [4.69, 9.17) is 4.74 Å². The van der Waals surface area contributed by atoms with Gasteiger partial charge in [0.25, 0.3) is 0 Å². The summed E-state index contributed by atoms with van der Waals surface area (Å²) in [6, 6.07) is 0.306. The van der Waals surface area contributed by atoms with Gasteiger partial charge in [-0.25, -0.2) is 4.79 Å². The summed E-state index contributed by atoms with van der Waals surface area (Å²) in [5.41, 5.74) is -0.483. The lowest BCUT2D eigenvalue weighted by molar-refractivity contribution is -0.109. The van der Waals surface area contributed by atoms with Gasteiger partial charge in [0.05, 0.1) is 0 Å². The molecule has 1 atom stereocenters. The Labute approximate surface area is 121 Å². The van der Waals surface area contributed by atoms with Crippen LogP contribution in [-0.2, 0) is 9.53 Å². The monoisotopic (exact) mass is 281 g/mol. The Morgan fingerprint density at radius 3 is 2.30 bits per heavy atom. The van der Waals surface area contributed by atoms with E-state index in [0.717, 1.165) is 32.0 Å². The molecule has 0 bridgehead atoms. The maximum atomic E-state index is 12.6. The van der Waals surface area contributed by atoms with Gasteiger partial charge in [0.1, 0.15) is 11.9 Å². The van der Waals surface area contributed by atoms with E-state index in [0.29, 0.717) is 12.3 Å². The van der Waals surface area contributed by atoms with E-state index in [1.165, 1.54) is 12.8 Å². The van der Waals surface area contributed by atoms with Gasteiger partial charge in [0.15, 0.2) is 0 Å². The van der Waals surface area contributed by atoms with Gasteiger partial charge < -0.3 is 14.4 Å². The molecule has 0 saturated heterocycles. The number of carbonyl (C=O) groups is 2. The summed E-state index contributed by atoms with van der Waals surface area (Å²) >= 11 is 0. The Hall–Kier alpha value is -1.06. The van der Waals surface area contributed by atoms with Crippen molar-refractivity contribution in [2.75, 3.05) is 0 Å². The molecule has 0 radical (unpaired) electrons. The third-order valence-electron chi connectivity index (χ3n) is 4.18. The van der Waals surface area contributed by atoms with E-state index in [-0.39, 0.29) is 18.2 Å². The molecule has 1 amide bonds. The summed E-state index contributed by atoms with van der Waals surface area (Å²) in [6.45, 7) is 5.68. The van der Waals surface area contributed by atoms with Gasteiger partial charge in [0.2, 0.25) is 0 Å². The summed E-state index contributed by atoms with van der Waals surface area (Å²) in [5, 5.41) is 0. The van der Waals surface area contributed by atoms with Crippen molar-refractivity contribution in [2.45, 2.75) is 83.4 Å². The third kappa shape index (κ3) is 3.97. The Balaban J connectivity index is 2.13. The Kier molecular flexibility index (Phi) is 4.71. The lowest BCUT2D eigenvalue weighted by Gasteiger charge is -2.37. The van der Waals surface area contributed by atoms with E-state index < -0.39 is 5.60 Å². The van der Waals surface area contributed by atoms with Crippen LogP contribution in [0.5, 0.6) is 0 Å². The van der Waals surface area contributed by atoms with Gasteiger partial charge in [-0.05, 0) is 52.4 Å². The van der Waals surface area contributed by atoms with E-state index >= 15 is 0 Å². The van der Waals surface area contributed by atoms with Gasteiger partial charge in [-0.2, -0.15) is 0 Å². The maximum Gasteiger partial charge on any atom is 0.410 e. The molecule has 0 spiro atoms. The van der Waals surface area contributed by atoms with Crippen molar-refractivity contribution in [2.24, 2.45) is 5.92 Å². The minimum absolute atomic E-state index is 0.0467. The zero-order valence-electron chi connectivity index (χ0n) is 12.9. The highest BCUT2D eigenvalue weighted by Crippen LogP contribution is 2.40. The molecule has 2 fully saturated rings. The van der Waals surface area contributed by atoms with Crippen LogP contribution in [0.2, 0.25) is 0 Å². The van der Waals surface area contributed by atoms with Crippen molar-refractivity contribution in [3.8, 4) is 0 Å². The van der Waals surface area contributed by atoms with E-state index in [1.54, 1.807) is 0 Å². The number of hydrogen-bond acceptors (Lipinski definition) is 3. The van der Waals surface area contributed by atoms with Crippen molar-refractivity contribution >= 4 is 12.4 Å². The van der Waals surface area contributed by atoms with Crippen molar-refractivity contribution in [3.05, 3.63) is 0 Å². The third-order valence-corrected chi connectivity index (χ3v) is 4.18. The molecule has 114 valence electrons. The molecule has 20 heavy (non-hydrogen) atoms. The Bertz CT molecular complexity index is 351. The van der Waals surface area contributed by atoms with Crippen LogP contribution in [0.25, 0.3) is 0 Å². The molecule has 0 aliphatic heterocycles. The number of aldehydes is 1. The Morgan fingerprint density at radius 1 is 1.25 bits per heavy atom. The van der Waals surface area contributed by atoms with Crippen LogP contribution in [0.3, 0.4) is 0 Å². The molecule has 1 unspecified atom stereocenters. The molecule has 4 nitrogen and oxygen atoms in total. The first kappa shape index (κ1) is 15.3. The first-order chi connectivity index (χ1) is 9.42. The van der Waals surface area contributed by atoms with Crippen LogP contribution >= 0.6 is 0 Å².